The van der Waals surface area contributed by atoms with Crippen LogP contribution in [0.2, 0.25) is 5.02 Å². The molecule has 82 valence electrons. The summed E-state index contributed by atoms with van der Waals surface area (Å²) in [6.45, 7) is 2.72. The van der Waals surface area contributed by atoms with Crippen molar-refractivity contribution in [1.82, 2.24) is 0 Å². The summed E-state index contributed by atoms with van der Waals surface area (Å²) in [7, 11) is 0. The van der Waals surface area contributed by atoms with Gasteiger partial charge < -0.3 is 5.11 Å². The van der Waals surface area contributed by atoms with E-state index in [2.05, 4.69) is 0 Å². The quantitative estimate of drug-likeness (QED) is 0.640. The lowest BCUT2D eigenvalue weighted by atomic mass is 9.92. The minimum Gasteiger partial charge on any atom is -0.381 e. The molecule has 0 aliphatic heterocycles. The SMILES string of the molecule is CC(C)(C(O)c1ccccc1Cl)[N+](=O)[O-]. The smallest absolute Gasteiger partial charge is 0.246 e. The molecule has 0 aliphatic carbocycles. The summed E-state index contributed by atoms with van der Waals surface area (Å²) in [4.78, 5) is 10.2. The number of rotatable bonds is 3. The van der Waals surface area contributed by atoms with E-state index in [4.69, 9.17) is 11.6 Å². The van der Waals surface area contributed by atoms with Gasteiger partial charge in [-0.2, -0.15) is 0 Å². The number of halogens is 1. The zero-order valence-electron chi connectivity index (χ0n) is 8.48. The Bertz CT molecular complexity index is 379. The van der Waals surface area contributed by atoms with Crippen LogP contribution < -0.4 is 0 Å². The number of aliphatic hydroxyl groups excluding tert-OH is 1. The minimum absolute atomic E-state index is 0.333. The van der Waals surface area contributed by atoms with E-state index >= 15 is 0 Å². The van der Waals surface area contributed by atoms with Crippen molar-refractivity contribution >= 4 is 11.6 Å². The highest BCUT2D eigenvalue weighted by Crippen LogP contribution is 2.32. The molecule has 0 bridgehead atoms. The van der Waals surface area contributed by atoms with E-state index < -0.39 is 16.6 Å². The van der Waals surface area contributed by atoms with Crippen LogP contribution in [0.5, 0.6) is 0 Å². The Hall–Kier alpha value is -1.13. The molecule has 0 spiro atoms. The minimum atomic E-state index is -1.45. The van der Waals surface area contributed by atoms with Gasteiger partial charge in [0.2, 0.25) is 5.54 Å². The monoisotopic (exact) mass is 229 g/mol. The van der Waals surface area contributed by atoms with Crippen molar-refractivity contribution in [3.63, 3.8) is 0 Å². The summed E-state index contributed by atoms with van der Waals surface area (Å²) in [5.41, 5.74) is -1.08. The highest BCUT2D eigenvalue weighted by atomic mass is 35.5. The molecular weight excluding hydrogens is 218 g/mol. The van der Waals surface area contributed by atoms with Crippen LogP contribution in [0.4, 0.5) is 0 Å². The van der Waals surface area contributed by atoms with Crippen LogP contribution >= 0.6 is 11.6 Å². The fourth-order valence-electron chi connectivity index (χ4n) is 1.18. The third-order valence-corrected chi connectivity index (χ3v) is 2.68. The second-order valence-electron chi connectivity index (χ2n) is 3.83. The summed E-state index contributed by atoms with van der Waals surface area (Å²) >= 11 is 5.85. The maximum atomic E-state index is 10.7. The van der Waals surface area contributed by atoms with Crippen LogP contribution in [-0.2, 0) is 0 Å². The van der Waals surface area contributed by atoms with Gasteiger partial charge in [-0.3, -0.25) is 10.1 Å². The Balaban J connectivity index is 3.10. The van der Waals surface area contributed by atoms with Crippen LogP contribution in [0.25, 0.3) is 0 Å². The molecule has 0 heterocycles. The fraction of sp³-hybridized carbons (Fsp3) is 0.400. The van der Waals surface area contributed by atoms with E-state index in [0.717, 1.165) is 0 Å². The second-order valence-corrected chi connectivity index (χ2v) is 4.24. The van der Waals surface area contributed by atoms with Gasteiger partial charge in [0.1, 0.15) is 6.10 Å². The maximum absolute atomic E-state index is 10.7. The molecule has 0 saturated heterocycles. The van der Waals surface area contributed by atoms with Gasteiger partial charge in [-0.25, -0.2) is 0 Å². The Kier molecular flexibility index (Phi) is 3.31. The number of nitrogens with zero attached hydrogens (tertiary/aromatic N) is 1. The lowest BCUT2D eigenvalue weighted by Crippen LogP contribution is -2.38. The van der Waals surface area contributed by atoms with Gasteiger partial charge in [-0.1, -0.05) is 29.8 Å². The average Bonchev–Trinajstić information content (AvgIpc) is 2.17. The molecule has 0 fully saturated rings. The molecule has 15 heavy (non-hydrogen) atoms. The molecule has 0 radical (unpaired) electrons. The third kappa shape index (κ3) is 2.27. The zero-order chi connectivity index (χ0) is 11.6. The normalized spacial score (nSPS) is 13.6. The number of hydrogen-bond donors (Lipinski definition) is 1. The van der Waals surface area contributed by atoms with E-state index in [1.54, 1.807) is 24.3 Å². The van der Waals surface area contributed by atoms with E-state index in [1.165, 1.54) is 13.8 Å². The van der Waals surface area contributed by atoms with E-state index in [9.17, 15) is 15.2 Å². The first kappa shape index (κ1) is 11.9. The number of hydrogen-bond acceptors (Lipinski definition) is 3. The van der Waals surface area contributed by atoms with E-state index in [0.29, 0.717) is 10.6 Å². The molecule has 0 aromatic heterocycles. The molecule has 0 amide bonds. The van der Waals surface area contributed by atoms with Gasteiger partial charge >= 0.3 is 0 Å². The average molecular weight is 230 g/mol. The van der Waals surface area contributed by atoms with Gasteiger partial charge in [0.25, 0.3) is 0 Å². The zero-order valence-corrected chi connectivity index (χ0v) is 9.23. The second kappa shape index (κ2) is 4.16. The molecule has 1 N–H and O–H groups in total. The highest BCUT2D eigenvalue weighted by molar-refractivity contribution is 6.31. The predicted octanol–water partition coefficient (Wildman–Crippen LogP) is 2.43. The van der Waals surface area contributed by atoms with Gasteiger partial charge in [0, 0.05) is 29.4 Å². The number of benzene rings is 1. The summed E-state index contributed by atoms with van der Waals surface area (Å²) < 4.78 is 0. The largest absolute Gasteiger partial charge is 0.381 e. The van der Waals surface area contributed by atoms with Gasteiger partial charge in [-0.05, 0) is 6.07 Å². The summed E-state index contributed by atoms with van der Waals surface area (Å²) in [6, 6.07) is 6.56. The van der Waals surface area contributed by atoms with Crippen molar-refractivity contribution in [1.29, 1.82) is 0 Å². The number of aliphatic hydroxyl groups is 1. The maximum Gasteiger partial charge on any atom is 0.246 e. The Labute approximate surface area is 92.6 Å². The Morgan fingerprint density at radius 3 is 2.47 bits per heavy atom. The van der Waals surface area contributed by atoms with Crippen molar-refractivity contribution in [2.45, 2.75) is 25.5 Å². The molecule has 1 aromatic carbocycles. The highest BCUT2D eigenvalue weighted by Gasteiger charge is 2.41. The molecule has 0 aliphatic rings. The molecular formula is C10H12ClNO3. The van der Waals surface area contributed by atoms with Crippen molar-refractivity contribution in [2.24, 2.45) is 0 Å². The van der Waals surface area contributed by atoms with Gasteiger partial charge in [-0.15, -0.1) is 0 Å². The molecule has 1 rings (SSSR count). The molecule has 1 unspecified atom stereocenters. The Morgan fingerprint density at radius 1 is 1.47 bits per heavy atom. The number of nitro groups is 1. The van der Waals surface area contributed by atoms with Crippen LogP contribution in [0.15, 0.2) is 24.3 Å². The van der Waals surface area contributed by atoms with Crippen molar-refractivity contribution in [2.75, 3.05) is 0 Å². The molecule has 4 nitrogen and oxygen atoms in total. The van der Waals surface area contributed by atoms with Crippen molar-refractivity contribution < 1.29 is 10.0 Å². The van der Waals surface area contributed by atoms with Crippen LogP contribution in [0.3, 0.4) is 0 Å². The molecule has 1 atom stereocenters. The van der Waals surface area contributed by atoms with Gasteiger partial charge in [0.15, 0.2) is 0 Å². The summed E-state index contributed by atoms with van der Waals surface area (Å²) in [6.07, 6.45) is -1.22. The third-order valence-electron chi connectivity index (χ3n) is 2.34. The first-order valence-corrected chi connectivity index (χ1v) is 4.82. The first-order valence-electron chi connectivity index (χ1n) is 4.44. The van der Waals surface area contributed by atoms with Crippen LogP contribution in [0, 0.1) is 10.1 Å². The van der Waals surface area contributed by atoms with Crippen LogP contribution in [-0.4, -0.2) is 15.6 Å². The summed E-state index contributed by atoms with van der Waals surface area (Å²) in [5.74, 6) is 0. The topological polar surface area (TPSA) is 63.4 Å². The molecule has 0 saturated carbocycles. The summed E-state index contributed by atoms with van der Waals surface area (Å²) in [5, 5.41) is 21.0. The standard InChI is InChI=1S/C10H12ClNO3/c1-10(2,12(14)15)9(13)7-5-3-4-6-8(7)11/h3-6,9,13H,1-2H3. The van der Waals surface area contributed by atoms with E-state index in [1.807, 2.05) is 0 Å². The molecule has 5 heteroatoms. The lowest BCUT2D eigenvalue weighted by Gasteiger charge is -2.23. The van der Waals surface area contributed by atoms with Crippen LogP contribution in [0.1, 0.15) is 25.5 Å². The fourth-order valence-corrected chi connectivity index (χ4v) is 1.42. The van der Waals surface area contributed by atoms with E-state index in [-0.39, 0.29) is 0 Å². The Morgan fingerprint density at radius 2 is 2.00 bits per heavy atom. The predicted molar refractivity (Wildman–Crippen MR) is 57.5 cm³/mol. The van der Waals surface area contributed by atoms with Crippen molar-refractivity contribution in [3.8, 4) is 0 Å². The van der Waals surface area contributed by atoms with Crippen molar-refractivity contribution in [3.05, 3.63) is 45.0 Å². The van der Waals surface area contributed by atoms with Gasteiger partial charge in [0.05, 0.1) is 0 Å². The lowest BCUT2D eigenvalue weighted by molar-refractivity contribution is -0.575. The molecule has 1 aromatic rings. The first-order chi connectivity index (χ1) is 6.87.